The van der Waals surface area contributed by atoms with Crippen LogP contribution >= 0.6 is 11.6 Å². The highest BCUT2D eigenvalue weighted by molar-refractivity contribution is 6.34. The van der Waals surface area contributed by atoms with Gasteiger partial charge in [-0.3, -0.25) is 0 Å². The van der Waals surface area contributed by atoms with Crippen molar-refractivity contribution >= 4 is 22.6 Å². The van der Waals surface area contributed by atoms with Crippen LogP contribution in [0, 0.1) is 6.92 Å². The summed E-state index contributed by atoms with van der Waals surface area (Å²) >= 11 is 6.18. The molecule has 0 fully saturated rings. The van der Waals surface area contributed by atoms with Gasteiger partial charge in [0.15, 0.2) is 5.58 Å². The highest BCUT2D eigenvalue weighted by Gasteiger charge is 2.18. The van der Waals surface area contributed by atoms with Crippen molar-refractivity contribution in [2.45, 2.75) is 13.0 Å². The summed E-state index contributed by atoms with van der Waals surface area (Å²) < 4.78 is 5.97. The van der Waals surface area contributed by atoms with Gasteiger partial charge in [0.05, 0.1) is 11.1 Å². The molecule has 0 amide bonds. The van der Waals surface area contributed by atoms with Gasteiger partial charge in [0.25, 0.3) is 0 Å². The molecular formula is C17H16ClNO. The third kappa shape index (κ3) is 2.21. The van der Waals surface area contributed by atoms with Crippen molar-refractivity contribution < 1.29 is 4.42 Å². The fraction of sp³-hybridized carbons (Fsp3) is 0.176. The first kappa shape index (κ1) is 13.2. The SMILES string of the molecule is CNC(c1cc2cccc(Cl)c2o1)c1ccccc1C. The number of para-hydroxylation sites is 1. The number of fused-ring (bicyclic) bond motifs is 1. The van der Waals surface area contributed by atoms with E-state index in [1.807, 2.05) is 37.4 Å². The standard InChI is InChI=1S/C17H16ClNO/c1-11-6-3-4-8-13(11)16(19-2)15-10-12-7-5-9-14(18)17(12)20-15/h3-10,16,19H,1-2H3. The lowest BCUT2D eigenvalue weighted by molar-refractivity contribution is 0.490. The summed E-state index contributed by atoms with van der Waals surface area (Å²) in [5.41, 5.74) is 3.20. The molecule has 0 aliphatic carbocycles. The second-order valence-electron chi connectivity index (χ2n) is 4.89. The van der Waals surface area contributed by atoms with E-state index in [4.69, 9.17) is 16.0 Å². The Morgan fingerprint density at radius 3 is 2.60 bits per heavy atom. The minimum atomic E-state index is 0.0275. The minimum Gasteiger partial charge on any atom is -0.457 e. The number of furan rings is 1. The summed E-state index contributed by atoms with van der Waals surface area (Å²) in [6, 6.07) is 16.2. The Morgan fingerprint density at radius 2 is 1.90 bits per heavy atom. The lowest BCUT2D eigenvalue weighted by Gasteiger charge is -2.16. The summed E-state index contributed by atoms with van der Waals surface area (Å²) in [5.74, 6) is 0.880. The molecule has 3 heteroatoms. The van der Waals surface area contributed by atoms with Crippen molar-refractivity contribution in [2.24, 2.45) is 0 Å². The molecule has 0 aliphatic rings. The van der Waals surface area contributed by atoms with Gasteiger partial charge < -0.3 is 9.73 Å². The van der Waals surface area contributed by atoms with Crippen molar-refractivity contribution in [3.05, 3.63) is 70.4 Å². The van der Waals surface area contributed by atoms with E-state index in [2.05, 4.69) is 30.4 Å². The predicted molar refractivity (Wildman–Crippen MR) is 83.3 cm³/mol. The minimum absolute atomic E-state index is 0.0275. The van der Waals surface area contributed by atoms with Crippen LogP contribution in [0.1, 0.15) is 22.9 Å². The molecule has 0 aliphatic heterocycles. The molecule has 102 valence electrons. The lowest BCUT2D eigenvalue weighted by atomic mass is 9.99. The maximum Gasteiger partial charge on any atom is 0.152 e. The molecule has 0 saturated carbocycles. The van der Waals surface area contributed by atoms with E-state index in [9.17, 15) is 0 Å². The van der Waals surface area contributed by atoms with E-state index in [1.165, 1.54) is 11.1 Å². The summed E-state index contributed by atoms with van der Waals surface area (Å²) in [5, 5.41) is 4.99. The molecule has 1 N–H and O–H groups in total. The molecule has 0 bridgehead atoms. The molecule has 3 aromatic rings. The second kappa shape index (κ2) is 5.31. The molecule has 2 nitrogen and oxygen atoms in total. The molecule has 1 aromatic heterocycles. The lowest BCUT2D eigenvalue weighted by Crippen LogP contribution is -2.17. The number of halogens is 1. The van der Waals surface area contributed by atoms with E-state index < -0.39 is 0 Å². The zero-order valence-corrected chi connectivity index (χ0v) is 12.2. The molecule has 1 unspecified atom stereocenters. The Bertz CT molecular complexity index is 748. The van der Waals surface area contributed by atoms with Crippen molar-refractivity contribution in [3.8, 4) is 0 Å². The highest BCUT2D eigenvalue weighted by Crippen LogP contribution is 2.32. The number of rotatable bonds is 3. The van der Waals surface area contributed by atoms with Crippen LogP contribution in [0.5, 0.6) is 0 Å². The Hall–Kier alpha value is -1.77. The molecule has 1 heterocycles. The number of hydrogen-bond acceptors (Lipinski definition) is 2. The molecule has 2 aromatic carbocycles. The largest absolute Gasteiger partial charge is 0.457 e. The van der Waals surface area contributed by atoms with Gasteiger partial charge in [-0.25, -0.2) is 0 Å². The topological polar surface area (TPSA) is 25.2 Å². The molecule has 3 rings (SSSR count). The Labute approximate surface area is 123 Å². The first-order valence-corrected chi connectivity index (χ1v) is 6.99. The van der Waals surface area contributed by atoms with Gasteiger partial charge in [0.2, 0.25) is 0 Å². The van der Waals surface area contributed by atoms with E-state index in [1.54, 1.807) is 0 Å². The summed E-state index contributed by atoms with van der Waals surface area (Å²) in [6.07, 6.45) is 0. The van der Waals surface area contributed by atoms with Crippen LogP contribution in [-0.2, 0) is 0 Å². The fourth-order valence-electron chi connectivity index (χ4n) is 2.55. The smallest absolute Gasteiger partial charge is 0.152 e. The summed E-state index contributed by atoms with van der Waals surface area (Å²) in [7, 11) is 1.94. The van der Waals surface area contributed by atoms with E-state index in [0.717, 1.165) is 16.7 Å². The zero-order valence-electron chi connectivity index (χ0n) is 11.5. The molecule has 1 atom stereocenters. The predicted octanol–water partition coefficient (Wildman–Crippen LogP) is 4.70. The molecular weight excluding hydrogens is 270 g/mol. The summed E-state index contributed by atoms with van der Waals surface area (Å²) in [4.78, 5) is 0. The molecule has 0 spiro atoms. The monoisotopic (exact) mass is 285 g/mol. The number of nitrogens with one attached hydrogen (secondary N) is 1. The van der Waals surface area contributed by atoms with Gasteiger partial charge >= 0.3 is 0 Å². The third-order valence-electron chi connectivity index (χ3n) is 3.59. The normalized spacial score (nSPS) is 12.8. The van der Waals surface area contributed by atoms with Gasteiger partial charge in [0.1, 0.15) is 5.76 Å². The van der Waals surface area contributed by atoms with E-state index in [0.29, 0.717) is 5.02 Å². The van der Waals surface area contributed by atoms with Gasteiger partial charge in [0, 0.05) is 5.39 Å². The third-order valence-corrected chi connectivity index (χ3v) is 3.89. The maximum atomic E-state index is 6.18. The number of hydrogen-bond donors (Lipinski definition) is 1. The quantitative estimate of drug-likeness (QED) is 0.754. The van der Waals surface area contributed by atoms with Crippen molar-refractivity contribution in [2.75, 3.05) is 7.05 Å². The van der Waals surface area contributed by atoms with Crippen LogP contribution in [0.4, 0.5) is 0 Å². The first-order chi connectivity index (χ1) is 9.70. The van der Waals surface area contributed by atoms with Gasteiger partial charge in [-0.15, -0.1) is 0 Å². The highest BCUT2D eigenvalue weighted by atomic mass is 35.5. The van der Waals surface area contributed by atoms with E-state index in [-0.39, 0.29) is 6.04 Å². The summed E-state index contributed by atoms with van der Waals surface area (Å²) in [6.45, 7) is 2.11. The second-order valence-corrected chi connectivity index (χ2v) is 5.29. The number of benzene rings is 2. The van der Waals surface area contributed by atoms with Crippen molar-refractivity contribution in [1.82, 2.24) is 5.32 Å². The van der Waals surface area contributed by atoms with Crippen LogP contribution in [0.3, 0.4) is 0 Å². The molecule has 0 saturated heterocycles. The fourth-order valence-corrected chi connectivity index (χ4v) is 2.77. The van der Waals surface area contributed by atoms with E-state index >= 15 is 0 Å². The van der Waals surface area contributed by atoms with Crippen LogP contribution < -0.4 is 5.32 Å². The Kier molecular flexibility index (Phi) is 3.51. The van der Waals surface area contributed by atoms with Crippen LogP contribution in [0.25, 0.3) is 11.0 Å². The van der Waals surface area contributed by atoms with Crippen LogP contribution in [0.15, 0.2) is 52.9 Å². The Balaban J connectivity index is 2.12. The van der Waals surface area contributed by atoms with Gasteiger partial charge in [-0.05, 0) is 37.2 Å². The van der Waals surface area contributed by atoms with Crippen molar-refractivity contribution in [3.63, 3.8) is 0 Å². The average Bonchev–Trinajstić information content (AvgIpc) is 2.87. The van der Waals surface area contributed by atoms with Gasteiger partial charge in [-0.1, -0.05) is 48.0 Å². The maximum absolute atomic E-state index is 6.18. The van der Waals surface area contributed by atoms with Crippen LogP contribution in [0.2, 0.25) is 5.02 Å². The number of aryl methyl sites for hydroxylation is 1. The molecule has 20 heavy (non-hydrogen) atoms. The first-order valence-electron chi connectivity index (χ1n) is 6.61. The van der Waals surface area contributed by atoms with Gasteiger partial charge in [-0.2, -0.15) is 0 Å². The zero-order chi connectivity index (χ0) is 14.1. The molecule has 0 radical (unpaired) electrons. The van der Waals surface area contributed by atoms with Crippen molar-refractivity contribution in [1.29, 1.82) is 0 Å². The average molecular weight is 286 g/mol. The Morgan fingerprint density at radius 1 is 1.10 bits per heavy atom. The van der Waals surface area contributed by atoms with Crippen LogP contribution in [-0.4, -0.2) is 7.05 Å².